The quantitative estimate of drug-likeness (QED) is 0.848. The molecule has 1 heterocycles. The monoisotopic (exact) mass is 372 g/mol. The van der Waals surface area contributed by atoms with Gasteiger partial charge in [-0.3, -0.25) is 14.4 Å². The largest absolute Gasteiger partial charge is 0.481 e. The summed E-state index contributed by atoms with van der Waals surface area (Å²) in [6.45, 7) is 1.67. The lowest BCUT2D eigenvalue weighted by atomic mass is 9.82. The SMILES string of the molecule is CC1(C(=O)O)CCCN(C(=O)CNC(=O)c2ccc(C(F)(F)F)cc2)C1. The summed E-state index contributed by atoms with van der Waals surface area (Å²) in [7, 11) is 0. The fourth-order valence-corrected chi connectivity index (χ4v) is 2.81. The van der Waals surface area contributed by atoms with Crippen molar-refractivity contribution in [2.45, 2.75) is 25.9 Å². The highest BCUT2D eigenvalue weighted by Crippen LogP contribution is 2.30. The number of nitrogens with one attached hydrogen (secondary N) is 1. The number of likely N-dealkylation sites (tertiary alicyclic amines) is 1. The Balaban J connectivity index is 1.92. The van der Waals surface area contributed by atoms with Gasteiger partial charge in [0.25, 0.3) is 5.91 Å². The number of amides is 2. The predicted molar refractivity (Wildman–Crippen MR) is 85.3 cm³/mol. The van der Waals surface area contributed by atoms with Gasteiger partial charge in [-0.05, 0) is 44.0 Å². The van der Waals surface area contributed by atoms with Crippen LogP contribution in [0.3, 0.4) is 0 Å². The van der Waals surface area contributed by atoms with E-state index in [2.05, 4.69) is 5.32 Å². The lowest BCUT2D eigenvalue weighted by molar-refractivity contribution is -0.153. The van der Waals surface area contributed by atoms with Crippen LogP contribution in [0.2, 0.25) is 0 Å². The van der Waals surface area contributed by atoms with E-state index >= 15 is 0 Å². The van der Waals surface area contributed by atoms with Crippen molar-refractivity contribution in [1.29, 1.82) is 0 Å². The minimum Gasteiger partial charge on any atom is -0.481 e. The van der Waals surface area contributed by atoms with E-state index in [1.54, 1.807) is 6.92 Å². The lowest BCUT2D eigenvalue weighted by Crippen LogP contribution is -2.50. The van der Waals surface area contributed by atoms with Gasteiger partial charge in [-0.1, -0.05) is 0 Å². The van der Waals surface area contributed by atoms with Crippen molar-refractivity contribution >= 4 is 17.8 Å². The van der Waals surface area contributed by atoms with Crippen LogP contribution in [0.5, 0.6) is 0 Å². The molecule has 2 amide bonds. The number of hydrogen-bond donors (Lipinski definition) is 2. The molecule has 0 spiro atoms. The van der Waals surface area contributed by atoms with Gasteiger partial charge in [-0.25, -0.2) is 0 Å². The van der Waals surface area contributed by atoms with Crippen LogP contribution in [-0.4, -0.2) is 47.4 Å². The molecule has 1 fully saturated rings. The zero-order valence-electron chi connectivity index (χ0n) is 14.1. The number of benzene rings is 1. The Hall–Kier alpha value is -2.58. The smallest absolute Gasteiger partial charge is 0.416 e. The third kappa shape index (κ3) is 4.53. The Morgan fingerprint density at radius 3 is 2.38 bits per heavy atom. The first-order chi connectivity index (χ1) is 12.0. The van der Waals surface area contributed by atoms with Crippen LogP contribution in [0, 0.1) is 5.41 Å². The molecule has 1 atom stereocenters. The number of aliphatic carboxylic acids is 1. The van der Waals surface area contributed by atoms with E-state index in [1.807, 2.05) is 0 Å². The minimum absolute atomic E-state index is 0.000168. The zero-order chi connectivity index (χ0) is 19.5. The van der Waals surface area contributed by atoms with Crippen LogP contribution in [0.25, 0.3) is 0 Å². The molecule has 0 radical (unpaired) electrons. The molecule has 1 aromatic rings. The average Bonchev–Trinajstić information content (AvgIpc) is 2.58. The van der Waals surface area contributed by atoms with Crippen molar-refractivity contribution in [3.05, 3.63) is 35.4 Å². The molecule has 9 heteroatoms. The fourth-order valence-electron chi connectivity index (χ4n) is 2.81. The van der Waals surface area contributed by atoms with Crippen molar-refractivity contribution in [3.63, 3.8) is 0 Å². The lowest BCUT2D eigenvalue weighted by Gasteiger charge is -2.37. The molecule has 0 saturated carbocycles. The van der Waals surface area contributed by atoms with Crippen molar-refractivity contribution < 1.29 is 32.7 Å². The van der Waals surface area contributed by atoms with Crippen LogP contribution in [0.15, 0.2) is 24.3 Å². The second-order valence-electron chi connectivity index (χ2n) is 6.54. The molecule has 0 bridgehead atoms. The number of alkyl halides is 3. The highest BCUT2D eigenvalue weighted by atomic mass is 19.4. The maximum absolute atomic E-state index is 12.5. The van der Waals surface area contributed by atoms with Crippen molar-refractivity contribution in [3.8, 4) is 0 Å². The van der Waals surface area contributed by atoms with E-state index in [9.17, 15) is 32.7 Å². The first-order valence-electron chi connectivity index (χ1n) is 7.99. The zero-order valence-corrected chi connectivity index (χ0v) is 14.1. The van der Waals surface area contributed by atoms with E-state index in [0.29, 0.717) is 19.4 Å². The van der Waals surface area contributed by atoms with Gasteiger partial charge < -0.3 is 15.3 Å². The standard InChI is InChI=1S/C17H19F3N2O4/c1-16(15(25)26)7-2-8-22(10-16)13(23)9-21-14(24)11-3-5-12(6-4-11)17(18,19)20/h3-6H,2,7-10H2,1H3,(H,21,24)(H,25,26). The van der Waals surface area contributed by atoms with Crippen LogP contribution in [0.4, 0.5) is 13.2 Å². The number of hydrogen-bond acceptors (Lipinski definition) is 3. The summed E-state index contributed by atoms with van der Waals surface area (Å²) in [4.78, 5) is 36.9. The molecule has 1 aliphatic rings. The number of carboxylic acid groups (broad SMARTS) is 1. The molecule has 1 unspecified atom stereocenters. The molecule has 2 N–H and O–H groups in total. The van der Waals surface area contributed by atoms with Gasteiger partial charge in [0.15, 0.2) is 0 Å². The highest BCUT2D eigenvalue weighted by molar-refractivity contribution is 5.96. The van der Waals surface area contributed by atoms with Crippen LogP contribution < -0.4 is 5.32 Å². The minimum atomic E-state index is -4.49. The second kappa shape index (κ2) is 7.35. The number of nitrogens with zero attached hydrogens (tertiary/aromatic N) is 1. The van der Waals surface area contributed by atoms with E-state index in [-0.39, 0.29) is 18.7 Å². The Kier molecular flexibility index (Phi) is 5.58. The molecule has 142 valence electrons. The molecule has 2 rings (SSSR count). The first kappa shape index (κ1) is 19.7. The van der Waals surface area contributed by atoms with Gasteiger partial charge in [-0.15, -0.1) is 0 Å². The van der Waals surface area contributed by atoms with E-state index in [4.69, 9.17) is 0 Å². The number of carboxylic acids is 1. The summed E-state index contributed by atoms with van der Waals surface area (Å²) in [5.74, 6) is -2.09. The van der Waals surface area contributed by atoms with Gasteiger partial charge in [-0.2, -0.15) is 13.2 Å². The predicted octanol–water partition coefficient (Wildman–Crippen LogP) is 2.15. The molecule has 6 nitrogen and oxygen atoms in total. The maximum Gasteiger partial charge on any atom is 0.416 e. The summed E-state index contributed by atoms with van der Waals surface area (Å²) >= 11 is 0. The Morgan fingerprint density at radius 1 is 1.23 bits per heavy atom. The third-order valence-corrected chi connectivity index (χ3v) is 4.44. The topological polar surface area (TPSA) is 86.7 Å². The molecular formula is C17H19F3N2O4. The van der Waals surface area contributed by atoms with Crippen molar-refractivity contribution in [2.24, 2.45) is 5.41 Å². The van der Waals surface area contributed by atoms with Gasteiger partial charge in [0.05, 0.1) is 17.5 Å². The maximum atomic E-state index is 12.5. The molecule has 26 heavy (non-hydrogen) atoms. The number of rotatable bonds is 4. The second-order valence-corrected chi connectivity index (χ2v) is 6.54. The third-order valence-electron chi connectivity index (χ3n) is 4.44. The van der Waals surface area contributed by atoms with E-state index in [1.165, 1.54) is 4.90 Å². The van der Waals surface area contributed by atoms with Gasteiger partial charge in [0, 0.05) is 18.7 Å². The summed E-state index contributed by atoms with van der Waals surface area (Å²) in [5, 5.41) is 11.6. The highest BCUT2D eigenvalue weighted by Gasteiger charge is 2.39. The Labute approximate surface area is 148 Å². The molecule has 1 aromatic carbocycles. The van der Waals surface area contributed by atoms with Crippen molar-refractivity contribution in [2.75, 3.05) is 19.6 Å². The molecule has 0 aromatic heterocycles. The van der Waals surface area contributed by atoms with Gasteiger partial charge in [0.2, 0.25) is 5.91 Å². The molecule has 1 saturated heterocycles. The number of piperidine rings is 1. The van der Waals surface area contributed by atoms with Crippen LogP contribution in [-0.2, 0) is 15.8 Å². The molecule has 0 aliphatic carbocycles. The summed E-state index contributed by atoms with van der Waals surface area (Å²) in [6, 6.07) is 3.65. The normalized spacial score (nSPS) is 20.5. The van der Waals surface area contributed by atoms with Gasteiger partial charge >= 0.3 is 12.1 Å². The Morgan fingerprint density at radius 2 is 1.85 bits per heavy atom. The summed E-state index contributed by atoms with van der Waals surface area (Å²) in [5.41, 5.74) is -1.89. The van der Waals surface area contributed by atoms with Crippen molar-refractivity contribution in [1.82, 2.24) is 10.2 Å². The van der Waals surface area contributed by atoms with E-state index in [0.717, 1.165) is 24.3 Å². The average molecular weight is 372 g/mol. The van der Waals surface area contributed by atoms with E-state index < -0.39 is 34.9 Å². The van der Waals surface area contributed by atoms with Crippen LogP contribution in [0.1, 0.15) is 35.7 Å². The number of halogens is 3. The molecule has 1 aliphatic heterocycles. The Bertz CT molecular complexity index is 703. The fraction of sp³-hybridized carbons (Fsp3) is 0.471. The first-order valence-corrected chi connectivity index (χ1v) is 7.99. The van der Waals surface area contributed by atoms with Crippen LogP contribution >= 0.6 is 0 Å². The summed E-state index contributed by atoms with van der Waals surface area (Å²) in [6.07, 6.45) is -3.48. The number of carbonyl (C=O) groups is 3. The molecular weight excluding hydrogens is 353 g/mol. The number of carbonyl (C=O) groups excluding carboxylic acids is 2. The summed E-state index contributed by atoms with van der Waals surface area (Å²) < 4.78 is 37.5. The van der Waals surface area contributed by atoms with Gasteiger partial charge in [0.1, 0.15) is 0 Å².